The molecule has 0 aliphatic rings. The third-order valence-corrected chi connectivity index (χ3v) is 2.24. The maximum absolute atomic E-state index is 13.2. The molecule has 0 N–H and O–H groups in total. The van der Waals surface area contributed by atoms with Crippen LogP contribution in [-0.4, -0.2) is 20.0 Å². The van der Waals surface area contributed by atoms with Crippen LogP contribution in [-0.2, 0) is 0 Å². The average Bonchev–Trinajstić information content (AvgIpc) is 2.26. The smallest absolute Gasteiger partial charge is 0.172 e. The second kappa shape index (κ2) is 4.96. The predicted octanol–water partition coefficient (Wildman–Crippen LogP) is 2.68. The second-order valence-electron chi connectivity index (χ2n) is 3.70. The fourth-order valence-corrected chi connectivity index (χ4v) is 1.41. The molecule has 0 aliphatic heterocycles. The number of hydrogen-bond donors (Lipinski definition) is 0. The van der Waals surface area contributed by atoms with E-state index in [1.807, 2.05) is 0 Å². The topological polar surface area (TPSA) is 35.5 Å². The summed E-state index contributed by atoms with van der Waals surface area (Å²) in [4.78, 5) is 11.9. The Morgan fingerprint density at radius 1 is 1.19 bits per heavy atom. The summed E-state index contributed by atoms with van der Waals surface area (Å²) in [5.41, 5.74) is 0.293. The van der Waals surface area contributed by atoms with Gasteiger partial charge in [0.25, 0.3) is 0 Å². The van der Waals surface area contributed by atoms with Crippen LogP contribution in [0.1, 0.15) is 24.2 Å². The molecule has 0 atom stereocenters. The van der Waals surface area contributed by atoms with Gasteiger partial charge in [-0.3, -0.25) is 4.79 Å². The van der Waals surface area contributed by atoms with E-state index < -0.39 is 5.82 Å². The van der Waals surface area contributed by atoms with Crippen molar-refractivity contribution in [3.05, 3.63) is 23.5 Å². The fourth-order valence-electron chi connectivity index (χ4n) is 1.41. The molecule has 4 heteroatoms. The van der Waals surface area contributed by atoms with Gasteiger partial charge >= 0.3 is 0 Å². The number of methoxy groups -OCH3 is 2. The summed E-state index contributed by atoms with van der Waals surface area (Å²) in [6.45, 7) is 3.54. The highest BCUT2D eigenvalue weighted by atomic mass is 19.1. The highest BCUT2D eigenvalue weighted by molar-refractivity contribution is 6.02. The van der Waals surface area contributed by atoms with E-state index in [1.54, 1.807) is 13.8 Å². The van der Waals surface area contributed by atoms with Crippen LogP contribution in [0.15, 0.2) is 12.1 Å². The molecule has 0 unspecified atom stereocenters. The molecular formula is C12H15FO3. The minimum atomic E-state index is -0.492. The third kappa shape index (κ3) is 2.32. The molecule has 0 fully saturated rings. The van der Waals surface area contributed by atoms with Crippen LogP contribution in [0, 0.1) is 11.7 Å². The highest BCUT2D eigenvalue weighted by Crippen LogP contribution is 2.31. The molecule has 0 bridgehead atoms. The summed E-state index contributed by atoms with van der Waals surface area (Å²) >= 11 is 0. The van der Waals surface area contributed by atoms with Gasteiger partial charge in [-0.15, -0.1) is 0 Å². The Hall–Kier alpha value is -1.58. The lowest BCUT2D eigenvalue weighted by molar-refractivity contribution is 0.0933. The number of rotatable bonds is 4. The monoisotopic (exact) mass is 226 g/mol. The van der Waals surface area contributed by atoms with E-state index in [1.165, 1.54) is 26.4 Å². The molecular weight excluding hydrogens is 211 g/mol. The Labute approximate surface area is 94.2 Å². The van der Waals surface area contributed by atoms with Gasteiger partial charge in [-0.1, -0.05) is 13.8 Å². The van der Waals surface area contributed by atoms with E-state index in [4.69, 9.17) is 9.47 Å². The minimum absolute atomic E-state index is 0.131. The van der Waals surface area contributed by atoms with Crippen molar-refractivity contribution in [2.24, 2.45) is 5.92 Å². The first-order valence-electron chi connectivity index (χ1n) is 4.97. The van der Waals surface area contributed by atoms with Gasteiger partial charge in [-0.05, 0) is 0 Å². The van der Waals surface area contributed by atoms with E-state index in [0.29, 0.717) is 5.56 Å². The van der Waals surface area contributed by atoms with Gasteiger partial charge in [0.15, 0.2) is 5.78 Å². The van der Waals surface area contributed by atoms with Crippen molar-refractivity contribution in [2.75, 3.05) is 14.2 Å². The van der Waals surface area contributed by atoms with Gasteiger partial charge in [0, 0.05) is 18.1 Å². The number of halogens is 1. The molecule has 3 nitrogen and oxygen atoms in total. The van der Waals surface area contributed by atoms with Crippen molar-refractivity contribution in [1.29, 1.82) is 0 Å². The molecule has 1 aromatic rings. The zero-order chi connectivity index (χ0) is 12.3. The van der Waals surface area contributed by atoms with E-state index in [9.17, 15) is 9.18 Å². The first-order chi connectivity index (χ1) is 7.51. The molecule has 1 rings (SSSR count). The van der Waals surface area contributed by atoms with Gasteiger partial charge in [0.05, 0.1) is 14.2 Å². The van der Waals surface area contributed by atoms with Crippen LogP contribution in [0.5, 0.6) is 11.5 Å². The molecule has 0 heterocycles. The van der Waals surface area contributed by atoms with Gasteiger partial charge < -0.3 is 9.47 Å². The maximum atomic E-state index is 13.2. The van der Waals surface area contributed by atoms with Crippen LogP contribution in [0.2, 0.25) is 0 Å². The zero-order valence-electron chi connectivity index (χ0n) is 9.83. The summed E-state index contributed by atoms with van der Waals surface area (Å²) in [7, 11) is 2.79. The standard InChI is InChI=1S/C12H15FO3/c1-7(2)12(14)11-9(15-3)5-8(13)6-10(11)16-4/h5-7H,1-4H3. The molecule has 88 valence electrons. The Morgan fingerprint density at radius 3 is 1.94 bits per heavy atom. The number of ketones is 1. The lowest BCUT2D eigenvalue weighted by Gasteiger charge is -2.13. The van der Waals surface area contributed by atoms with Crippen LogP contribution >= 0.6 is 0 Å². The van der Waals surface area contributed by atoms with Gasteiger partial charge in [0.1, 0.15) is 22.9 Å². The van der Waals surface area contributed by atoms with E-state index in [2.05, 4.69) is 0 Å². The molecule has 0 radical (unpaired) electrons. The normalized spacial score (nSPS) is 10.4. The summed E-state index contributed by atoms with van der Waals surface area (Å²) in [6, 6.07) is 2.36. The van der Waals surface area contributed by atoms with E-state index in [-0.39, 0.29) is 23.2 Å². The maximum Gasteiger partial charge on any atom is 0.172 e. The van der Waals surface area contributed by atoms with Crippen LogP contribution in [0.4, 0.5) is 4.39 Å². The molecule has 0 amide bonds. The Balaban J connectivity index is 3.38. The third-order valence-electron chi connectivity index (χ3n) is 2.24. The van der Waals surface area contributed by atoms with Crippen LogP contribution < -0.4 is 9.47 Å². The molecule has 1 aromatic carbocycles. The van der Waals surface area contributed by atoms with Gasteiger partial charge in [-0.25, -0.2) is 4.39 Å². The van der Waals surface area contributed by atoms with Crippen molar-refractivity contribution >= 4 is 5.78 Å². The number of carbonyl (C=O) groups excluding carboxylic acids is 1. The summed E-state index contributed by atoms with van der Waals surface area (Å²) in [6.07, 6.45) is 0. The van der Waals surface area contributed by atoms with Gasteiger partial charge in [-0.2, -0.15) is 0 Å². The Bertz CT molecular complexity index is 374. The van der Waals surface area contributed by atoms with Crippen molar-refractivity contribution in [2.45, 2.75) is 13.8 Å². The molecule has 16 heavy (non-hydrogen) atoms. The summed E-state index contributed by atoms with van der Waals surface area (Å²) < 4.78 is 23.2. The molecule has 0 aromatic heterocycles. The summed E-state index contributed by atoms with van der Waals surface area (Å²) in [5, 5.41) is 0. The Morgan fingerprint density at radius 2 is 1.62 bits per heavy atom. The molecule has 0 saturated carbocycles. The lowest BCUT2D eigenvalue weighted by atomic mass is 9.99. The van der Waals surface area contributed by atoms with Crippen molar-refractivity contribution in [1.82, 2.24) is 0 Å². The van der Waals surface area contributed by atoms with Crippen molar-refractivity contribution in [3.8, 4) is 11.5 Å². The highest BCUT2D eigenvalue weighted by Gasteiger charge is 2.22. The number of benzene rings is 1. The number of carbonyl (C=O) groups is 1. The quantitative estimate of drug-likeness (QED) is 0.740. The summed E-state index contributed by atoms with van der Waals surface area (Å²) in [5.74, 6) is -0.415. The SMILES string of the molecule is COc1cc(F)cc(OC)c1C(=O)C(C)C. The second-order valence-corrected chi connectivity index (χ2v) is 3.70. The molecule has 0 saturated heterocycles. The van der Waals surface area contributed by atoms with Crippen LogP contribution in [0.3, 0.4) is 0 Å². The van der Waals surface area contributed by atoms with Crippen LogP contribution in [0.25, 0.3) is 0 Å². The first kappa shape index (κ1) is 12.5. The van der Waals surface area contributed by atoms with Gasteiger partial charge in [0.2, 0.25) is 0 Å². The fraction of sp³-hybridized carbons (Fsp3) is 0.417. The number of hydrogen-bond acceptors (Lipinski definition) is 3. The van der Waals surface area contributed by atoms with E-state index in [0.717, 1.165) is 0 Å². The number of Topliss-reactive ketones (excluding diaryl/α,β-unsaturated/α-hetero) is 1. The zero-order valence-corrected chi connectivity index (χ0v) is 9.83. The minimum Gasteiger partial charge on any atom is -0.496 e. The van der Waals surface area contributed by atoms with E-state index >= 15 is 0 Å². The largest absolute Gasteiger partial charge is 0.496 e. The first-order valence-corrected chi connectivity index (χ1v) is 4.97. The molecule has 0 aliphatic carbocycles. The lowest BCUT2D eigenvalue weighted by Crippen LogP contribution is -2.11. The molecule has 0 spiro atoms. The predicted molar refractivity (Wildman–Crippen MR) is 58.7 cm³/mol. The van der Waals surface area contributed by atoms with Crippen molar-refractivity contribution < 1.29 is 18.7 Å². The average molecular weight is 226 g/mol. The van der Waals surface area contributed by atoms with Crippen molar-refractivity contribution in [3.63, 3.8) is 0 Å². The number of ether oxygens (including phenoxy) is 2. The Kier molecular flexibility index (Phi) is 3.88.